The lowest BCUT2D eigenvalue weighted by molar-refractivity contribution is -0.0498. The molecule has 0 heterocycles. The average Bonchev–Trinajstić information content (AvgIpc) is 2.20. The van der Waals surface area contributed by atoms with Crippen LogP contribution in [0, 0.1) is 0 Å². The van der Waals surface area contributed by atoms with Crippen LogP contribution < -0.4 is 4.74 Å². The Morgan fingerprint density at radius 2 is 2.12 bits per heavy atom. The van der Waals surface area contributed by atoms with Gasteiger partial charge in [0.1, 0.15) is 5.75 Å². The molecule has 0 fully saturated rings. The Labute approximate surface area is 101 Å². The van der Waals surface area contributed by atoms with Crippen LogP contribution in [0.2, 0.25) is 5.02 Å². The highest BCUT2D eigenvalue weighted by Crippen LogP contribution is 2.24. The number of hydrogen-bond donors (Lipinski definition) is 0. The van der Waals surface area contributed by atoms with Gasteiger partial charge in [-0.25, -0.2) is 0 Å². The van der Waals surface area contributed by atoms with Crippen LogP contribution in [0.25, 0.3) is 0 Å². The predicted octanol–water partition coefficient (Wildman–Crippen LogP) is 3.75. The van der Waals surface area contributed by atoms with E-state index in [1.807, 2.05) is 0 Å². The molecule has 1 aromatic rings. The summed E-state index contributed by atoms with van der Waals surface area (Å²) < 4.78 is 28.0. The van der Waals surface area contributed by atoms with E-state index in [2.05, 4.69) is 4.74 Å². The smallest absolute Gasteiger partial charge is 0.387 e. The molecule has 0 atom stereocenters. The first-order chi connectivity index (χ1) is 7.54. The van der Waals surface area contributed by atoms with Gasteiger partial charge in [-0.15, -0.1) is 11.6 Å². The summed E-state index contributed by atoms with van der Waals surface area (Å²) in [4.78, 5) is 11.5. The Balaban J connectivity index is 2.94. The van der Waals surface area contributed by atoms with Crippen molar-refractivity contribution in [1.29, 1.82) is 0 Å². The summed E-state index contributed by atoms with van der Waals surface area (Å²) in [6.07, 6.45) is 0.0966. The van der Waals surface area contributed by atoms with Crippen LogP contribution in [0.3, 0.4) is 0 Å². The Hall–Kier alpha value is -0.870. The maximum atomic E-state index is 11.9. The zero-order valence-corrected chi connectivity index (χ0v) is 9.56. The first kappa shape index (κ1) is 13.2. The van der Waals surface area contributed by atoms with Gasteiger partial charge in [-0.3, -0.25) is 4.79 Å². The van der Waals surface area contributed by atoms with Crippen LogP contribution in [-0.2, 0) is 0 Å². The van der Waals surface area contributed by atoms with Crippen LogP contribution in [0.5, 0.6) is 5.75 Å². The highest BCUT2D eigenvalue weighted by atomic mass is 35.5. The molecule has 2 nitrogen and oxygen atoms in total. The maximum absolute atomic E-state index is 11.9. The second-order valence-electron chi connectivity index (χ2n) is 2.88. The molecule has 0 aliphatic rings. The van der Waals surface area contributed by atoms with Gasteiger partial charge in [0, 0.05) is 17.9 Å². The minimum absolute atomic E-state index is 0.0966. The Morgan fingerprint density at radius 1 is 1.44 bits per heavy atom. The molecule has 1 aromatic carbocycles. The topological polar surface area (TPSA) is 26.3 Å². The molecule has 0 saturated heterocycles. The second kappa shape index (κ2) is 6.01. The summed E-state index contributed by atoms with van der Waals surface area (Å²) in [7, 11) is 0. The van der Waals surface area contributed by atoms with Gasteiger partial charge in [0.15, 0.2) is 5.78 Å². The van der Waals surface area contributed by atoms with E-state index in [9.17, 15) is 13.6 Å². The molecule has 0 aliphatic carbocycles. The van der Waals surface area contributed by atoms with Gasteiger partial charge in [-0.05, 0) is 18.2 Å². The largest absolute Gasteiger partial charge is 0.435 e. The third kappa shape index (κ3) is 3.61. The van der Waals surface area contributed by atoms with Crippen molar-refractivity contribution in [3.05, 3.63) is 28.8 Å². The number of ketones is 1. The van der Waals surface area contributed by atoms with E-state index < -0.39 is 6.61 Å². The van der Waals surface area contributed by atoms with Crippen LogP contribution in [0.1, 0.15) is 16.8 Å². The van der Waals surface area contributed by atoms with Crippen molar-refractivity contribution < 1.29 is 18.3 Å². The number of rotatable bonds is 5. The highest BCUT2D eigenvalue weighted by molar-refractivity contribution is 6.34. The number of ether oxygens (including phenoxy) is 1. The molecule has 1 rings (SSSR count). The Morgan fingerprint density at radius 3 is 2.69 bits per heavy atom. The van der Waals surface area contributed by atoms with Gasteiger partial charge in [0.05, 0.1) is 5.02 Å². The molecule has 0 unspecified atom stereocenters. The lowest BCUT2D eigenvalue weighted by atomic mass is 10.1. The monoisotopic (exact) mass is 268 g/mol. The van der Waals surface area contributed by atoms with Crippen molar-refractivity contribution in [3.8, 4) is 5.75 Å². The van der Waals surface area contributed by atoms with E-state index in [-0.39, 0.29) is 34.4 Å². The van der Waals surface area contributed by atoms with E-state index in [0.717, 1.165) is 0 Å². The fraction of sp³-hybridized carbons (Fsp3) is 0.300. The van der Waals surface area contributed by atoms with Gasteiger partial charge in [-0.2, -0.15) is 8.78 Å². The summed E-state index contributed by atoms with van der Waals surface area (Å²) >= 11 is 11.2. The van der Waals surface area contributed by atoms with Gasteiger partial charge >= 0.3 is 6.61 Å². The molecule has 16 heavy (non-hydrogen) atoms. The molecule has 0 aliphatic heterocycles. The Kier molecular flexibility index (Phi) is 4.96. The minimum atomic E-state index is -2.93. The third-order valence-electron chi connectivity index (χ3n) is 1.78. The number of carbonyl (C=O) groups is 1. The van der Waals surface area contributed by atoms with Crippen molar-refractivity contribution in [2.75, 3.05) is 5.88 Å². The van der Waals surface area contributed by atoms with Crippen molar-refractivity contribution in [1.82, 2.24) is 0 Å². The first-order valence-corrected chi connectivity index (χ1v) is 5.29. The van der Waals surface area contributed by atoms with E-state index in [0.29, 0.717) is 0 Å². The normalized spacial score (nSPS) is 10.6. The number of alkyl halides is 3. The van der Waals surface area contributed by atoms with Crippen LogP contribution in [-0.4, -0.2) is 18.3 Å². The molecule has 0 aromatic heterocycles. The molecule has 0 N–H and O–H groups in total. The summed E-state index contributed by atoms with van der Waals surface area (Å²) in [6.45, 7) is -2.93. The van der Waals surface area contributed by atoms with E-state index in [1.165, 1.54) is 18.2 Å². The van der Waals surface area contributed by atoms with Gasteiger partial charge in [0.2, 0.25) is 0 Å². The van der Waals surface area contributed by atoms with Crippen molar-refractivity contribution in [2.45, 2.75) is 13.0 Å². The number of Topliss-reactive ketones (excluding diaryl/α,β-unsaturated/α-hetero) is 1. The first-order valence-electron chi connectivity index (χ1n) is 4.38. The van der Waals surface area contributed by atoms with Crippen molar-refractivity contribution in [2.24, 2.45) is 0 Å². The molecular weight excluding hydrogens is 261 g/mol. The van der Waals surface area contributed by atoms with Gasteiger partial charge in [-0.1, -0.05) is 11.6 Å². The average molecular weight is 269 g/mol. The highest BCUT2D eigenvalue weighted by Gasteiger charge is 2.13. The third-order valence-corrected chi connectivity index (χ3v) is 2.30. The molecule has 0 saturated carbocycles. The summed E-state index contributed by atoms with van der Waals surface area (Å²) in [5.74, 6) is -0.258. The van der Waals surface area contributed by atoms with Gasteiger partial charge < -0.3 is 4.74 Å². The predicted molar refractivity (Wildman–Crippen MR) is 57.8 cm³/mol. The SMILES string of the molecule is O=C(CCCl)c1cc(OC(F)F)ccc1Cl. The fourth-order valence-corrected chi connectivity index (χ4v) is 1.51. The number of halogens is 4. The lowest BCUT2D eigenvalue weighted by Gasteiger charge is -2.07. The Bertz CT molecular complexity index is 383. The fourth-order valence-electron chi connectivity index (χ4n) is 1.11. The molecule has 0 radical (unpaired) electrons. The molecule has 0 spiro atoms. The standard InChI is InChI=1S/C10H8Cl2F2O2/c11-4-3-9(15)7-5-6(16-10(13)14)1-2-8(7)12/h1-2,5,10H,3-4H2. The van der Waals surface area contributed by atoms with Crippen molar-refractivity contribution >= 4 is 29.0 Å². The van der Waals surface area contributed by atoms with Gasteiger partial charge in [0.25, 0.3) is 0 Å². The number of benzene rings is 1. The van der Waals surface area contributed by atoms with Crippen molar-refractivity contribution in [3.63, 3.8) is 0 Å². The summed E-state index contributed by atoms with van der Waals surface area (Å²) in [5.41, 5.74) is 0.139. The zero-order chi connectivity index (χ0) is 12.1. The number of hydrogen-bond acceptors (Lipinski definition) is 2. The molecule has 88 valence electrons. The summed E-state index contributed by atoms with van der Waals surface area (Å²) in [5, 5.41) is 0.191. The lowest BCUT2D eigenvalue weighted by Crippen LogP contribution is -2.05. The second-order valence-corrected chi connectivity index (χ2v) is 3.67. The van der Waals surface area contributed by atoms with Crippen LogP contribution >= 0.6 is 23.2 Å². The van der Waals surface area contributed by atoms with E-state index >= 15 is 0 Å². The van der Waals surface area contributed by atoms with E-state index in [4.69, 9.17) is 23.2 Å². The molecular formula is C10H8Cl2F2O2. The maximum Gasteiger partial charge on any atom is 0.387 e. The quantitative estimate of drug-likeness (QED) is 0.601. The minimum Gasteiger partial charge on any atom is -0.435 e. The van der Waals surface area contributed by atoms with E-state index in [1.54, 1.807) is 0 Å². The molecule has 0 amide bonds. The molecule has 0 bridgehead atoms. The van der Waals surface area contributed by atoms with Crippen LogP contribution in [0.4, 0.5) is 8.78 Å². The zero-order valence-electron chi connectivity index (χ0n) is 8.05. The molecule has 6 heteroatoms. The number of carbonyl (C=O) groups excluding carboxylic acids is 1. The van der Waals surface area contributed by atoms with Crippen LogP contribution in [0.15, 0.2) is 18.2 Å². The summed E-state index contributed by atoms with van der Waals surface area (Å²) in [6, 6.07) is 3.79.